The van der Waals surface area contributed by atoms with E-state index >= 15 is 0 Å². The number of thiazole rings is 1. The van der Waals surface area contributed by atoms with Crippen LogP contribution in [0.25, 0.3) is 0 Å². The second-order valence-corrected chi connectivity index (χ2v) is 7.41. The van der Waals surface area contributed by atoms with Crippen molar-refractivity contribution < 1.29 is 9.59 Å². The van der Waals surface area contributed by atoms with Crippen molar-refractivity contribution in [1.29, 1.82) is 0 Å². The Kier molecular flexibility index (Phi) is 4.06. The van der Waals surface area contributed by atoms with Crippen molar-refractivity contribution in [2.24, 2.45) is 0 Å². The summed E-state index contributed by atoms with van der Waals surface area (Å²) in [5.74, 6) is -0.684. The van der Waals surface area contributed by atoms with Crippen LogP contribution in [0.4, 0.5) is 10.8 Å². The highest BCUT2D eigenvalue weighted by Gasteiger charge is 2.32. The fourth-order valence-electron chi connectivity index (χ4n) is 3.42. The first-order valence-electron chi connectivity index (χ1n) is 8.39. The molecule has 2 N–H and O–H groups in total. The largest absolute Gasteiger partial charge is 0.325 e. The molecule has 0 saturated heterocycles. The second kappa shape index (κ2) is 6.36. The molecule has 24 heavy (non-hydrogen) atoms. The number of anilines is 2. The van der Waals surface area contributed by atoms with Gasteiger partial charge >= 0.3 is 0 Å². The summed E-state index contributed by atoms with van der Waals surface area (Å²) in [5, 5.41) is 6.38. The Hall–Kier alpha value is -2.21. The van der Waals surface area contributed by atoms with Gasteiger partial charge in [0.2, 0.25) is 11.8 Å². The molecule has 0 unspecified atom stereocenters. The maximum Gasteiger partial charge on any atom is 0.232 e. The van der Waals surface area contributed by atoms with Gasteiger partial charge in [-0.15, -0.1) is 11.3 Å². The first kappa shape index (κ1) is 15.3. The number of carbonyl (C=O) groups excluding carboxylic acids is 2. The number of fused-ring (bicyclic) bond motifs is 2. The monoisotopic (exact) mass is 341 g/mol. The maximum atomic E-state index is 12.4. The van der Waals surface area contributed by atoms with Crippen LogP contribution in [0.3, 0.4) is 0 Å². The Morgan fingerprint density at radius 3 is 3.00 bits per heavy atom. The number of aryl methyl sites for hydroxylation is 2. The van der Waals surface area contributed by atoms with E-state index < -0.39 is 5.92 Å². The lowest BCUT2D eigenvalue weighted by Gasteiger charge is -2.08. The zero-order valence-electron chi connectivity index (χ0n) is 13.3. The molecule has 0 radical (unpaired) electrons. The van der Waals surface area contributed by atoms with Crippen LogP contribution in [0.5, 0.6) is 0 Å². The molecule has 1 aromatic heterocycles. The van der Waals surface area contributed by atoms with Gasteiger partial charge in [-0.25, -0.2) is 4.98 Å². The van der Waals surface area contributed by atoms with Crippen LogP contribution < -0.4 is 10.6 Å². The van der Waals surface area contributed by atoms with Crippen LogP contribution in [-0.4, -0.2) is 16.8 Å². The van der Waals surface area contributed by atoms with Crippen LogP contribution >= 0.6 is 11.3 Å². The number of nitrogens with one attached hydrogen (secondary N) is 2. The third-order valence-corrected chi connectivity index (χ3v) is 5.71. The summed E-state index contributed by atoms with van der Waals surface area (Å²) < 4.78 is 0. The molecule has 1 atom stereocenters. The molecule has 0 fully saturated rings. The molecule has 0 saturated carbocycles. The van der Waals surface area contributed by atoms with Gasteiger partial charge in [-0.05, 0) is 37.3 Å². The number of carbonyl (C=O) groups is 2. The van der Waals surface area contributed by atoms with E-state index in [1.165, 1.54) is 24.1 Å². The minimum absolute atomic E-state index is 0.110. The summed E-state index contributed by atoms with van der Waals surface area (Å²) in [6.07, 6.45) is 5.82. The fourth-order valence-corrected chi connectivity index (χ4v) is 4.48. The standard InChI is InChI=1S/C18H19N3O2S/c22-16(10-12-11-6-4-5-7-13(11)19-17(12)23)21-18-20-14-8-2-1-3-9-15(14)24-18/h4-7,12H,1-3,8-10H2,(H,19,23)(H,20,21,22)/t12-/m0/s1. The molecule has 1 aromatic carbocycles. The van der Waals surface area contributed by atoms with E-state index in [2.05, 4.69) is 15.6 Å². The molecule has 1 aliphatic heterocycles. The molecule has 6 heteroatoms. The molecule has 0 spiro atoms. The Bertz CT molecular complexity index is 776. The van der Waals surface area contributed by atoms with Crippen molar-refractivity contribution in [3.05, 3.63) is 40.4 Å². The number of nitrogens with zero attached hydrogens (tertiary/aromatic N) is 1. The van der Waals surface area contributed by atoms with Crippen LogP contribution in [0, 0.1) is 0 Å². The smallest absolute Gasteiger partial charge is 0.232 e. The Labute approximate surface area is 144 Å². The summed E-state index contributed by atoms with van der Waals surface area (Å²) in [6, 6.07) is 7.53. The Morgan fingerprint density at radius 2 is 2.08 bits per heavy atom. The number of rotatable bonds is 3. The van der Waals surface area contributed by atoms with E-state index in [0.29, 0.717) is 5.13 Å². The van der Waals surface area contributed by atoms with Gasteiger partial charge in [0, 0.05) is 17.0 Å². The number of para-hydroxylation sites is 1. The summed E-state index contributed by atoms with van der Waals surface area (Å²) in [6.45, 7) is 0. The molecule has 1 aliphatic carbocycles. The zero-order valence-corrected chi connectivity index (χ0v) is 14.1. The molecule has 2 aliphatic rings. The predicted octanol–water partition coefficient (Wildman–Crippen LogP) is 3.48. The topological polar surface area (TPSA) is 71.1 Å². The van der Waals surface area contributed by atoms with Crippen molar-refractivity contribution in [3.63, 3.8) is 0 Å². The lowest BCUT2D eigenvalue weighted by Crippen LogP contribution is -2.20. The third kappa shape index (κ3) is 2.94. The van der Waals surface area contributed by atoms with Crippen molar-refractivity contribution in [2.45, 2.75) is 44.4 Å². The molecule has 2 aromatic rings. The van der Waals surface area contributed by atoms with Gasteiger partial charge in [0.25, 0.3) is 0 Å². The van der Waals surface area contributed by atoms with Crippen LogP contribution in [-0.2, 0) is 22.4 Å². The summed E-state index contributed by atoms with van der Waals surface area (Å²) in [7, 11) is 0. The van der Waals surface area contributed by atoms with Crippen LogP contribution in [0.1, 0.15) is 47.7 Å². The predicted molar refractivity (Wildman–Crippen MR) is 94.4 cm³/mol. The molecular formula is C18H19N3O2S. The van der Waals surface area contributed by atoms with Crippen molar-refractivity contribution in [3.8, 4) is 0 Å². The molecule has 0 bridgehead atoms. The zero-order chi connectivity index (χ0) is 16.5. The van der Waals surface area contributed by atoms with Crippen LogP contribution in [0.15, 0.2) is 24.3 Å². The summed E-state index contributed by atoms with van der Waals surface area (Å²) in [4.78, 5) is 30.4. The highest BCUT2D eigenvalue weighted by Crippen LogP contribution is 2.35. The lowest BCUT2D eigenvalue weighted by molar-refractivity contribution is -0.122. The number of amides is 2. The highest BCUT2D eigenvalue weighted by atomic mass is 32.1. The molecule has 124 valence electrons. The maximum absolute atomic E-state index is 12.4. The van der Waals surface area contributed by atoms with Crippen molar-refractivity contribution in [2.75, 3.05) is 10.6 Å². The van der Waals surface area contributed by atoms with Gasteiger partial charge in [0.05, 0.1) is 11.6 Å². The number of hydrogen-bond acceptors (Lipinski definition) is 4. The van der Waals surface area contributed by atoms with Gasteiger partial charge < -0.3 is 10.6 Å². The first-order valence-corrected chi connectivity index (χ1v) is 9.20. The van der Waals surface area contributed by atoms with Crippen molar-refractivity contribution in [1.82, 2.24) is 4.98 Å². The van der Waals surface area contributed by atoms with E-state index in [4.69, 9.17) is 0 Å². The normalized spacial score (nSPS) is 19.2. The Morgan fingerprint density at radius 1 is 1.25 bits per heavy atom. The lowest BCUT2D eigenvalue weighted by atomic mass is 9.97. The minimum atomic E-state index is -0.418. The van der Waals surface area contributed by atoms with Gasteiger partial charge in [-0.1, -0.05) is 24.6 Å². The van der Waals surface area contributed by atoms with Gasteiger partial charge in [0.1, 0.15) is 0 Å². The Balaban J connectivity index is 1.45. The van der Waals surface area contributed by atoms with Gasteiger partial charge in [-0.3, -0.25) is 9.59 Å². The second-order valence-electron chi connectivity index (χ2n) is 6.33. The average molecular weight is 341 g/mol. The molecule has 2 amide bonds. The fraction of sp³-hybridized carbons (Fsp3) is 0.389. The molecule has 4 rings (SSSR count). The number of hydrogen-bond donors (Lipinski definition) is 2. The van der Waals surface area contributed by atoms with Crippen molar-refractivity contribution >= 4 is 34.0 Å². The van der Waals surface area contributed by atoms with E-state index in [1.54, 1.807) is 11.3 Å². The van der Waals surface area contributed by atoms with E-state index in [1.807, 2.05) is 24.3 Å². The van der Waals surface area contributed by atoms with E-state index in [9.17, 15) is 9.59 Å². The SMILES string of the molecule is O=C(C[C@@H]1C(=O)Nc2ccccc21)Nc1nc2c(s1)CCCCC2. The van der Waals surface area contributed by atoms with E-state index in [0.717, 1.165) is 29.8 Å². The van der Waals surface area contributed by atoms with Gasteiger partial charge in [-0.2, -0.15) is 0 Å². The third-order valence-electron chi connectivity index (χ3n) is 4.64. The quantitative estimate of drug-likeness (QED) is 0.840. The molecular weight excluding hydrogens is 322 g/mol. The van der Waals surface area contributed by atoms with E-state index in [-0.39, 0.29) is 18.2 Å². The summed E-state index contributed by atoms with van der Waals surface area (Å²) >= 11 is 1.58. The number of benzene rings is 1. The van der Waals surface area contributed by atoms with Gasteiger partial charge in [0.15, 0.2) is 5.13 Å². The molecule has 2 heterocycles. The van der Waals surface area contributed by atoms with Crippen LogP contribution in [0.2, 0.25) is 0 Å². The average Bonchev–Trinajstić information content (AvgIpc) is 3.00. The molecule has 5 nitrogen and oxygen atoms in total. The first-order chi connectivity index (χ1) is 11.7. The summed E-state index contributed by atoms with van der Waals surface area (Å²) in [5.41, 5.74) is 2.84. The minimum Gasteiger partial charge on any atom is -0.325 e. The number of aromatic nitrogens is 1. The highest BCUT2D eigenvalue weighted by molar-refractivity contribution is 7.15.